The van der Waals surface area contributed by atoms with E-state index in [0.717, 1.165) is 10.6 Å². The van der Waals surface area contributed by atoms with Crippen LogP contribution in [0.3, 0.4) is 0 Å². The number of nitrogens with one attached hydrogen (secondary N) is 1. The Bertz CT molecular complexity index is 1190. The molecule has 2 aromatic heterocycles. The largest absolute Gasteiger partial charge is 0.324 e. The van der Waals surface area contributed by atoms with Crippen LogP contribution >= 0.6 is 0 Å². The molecule has 1 N–H and O–H groups in total. The summed E-state index contributed by atoms with van der Waals surface area (Å²) in [6, 6.07) is 10.6. The smallest absolute Gasteiger partial charge is 0.261 e. The molecule has 4 rings (SSSR count). The van der Waals surface area contributed by atoms with E-state index in [9.17, 15) is 14.0 Å². The number of fused-ring (bicyclic) bond motifs is 1. The lowest BCUT2D eigenvalue weighted by molar-refractivity contribution is -0.116. The molecular formula is C17H12FN7O2. The second-order valence-electron chi connectivity index (χ2n) is 5.69. The van der Waals surface area contributed by atoms with E-state index in [1.165, 1.54) is 29.5 Å². The van der Waals surface area contributed by atoms with Crippen molar-refractivity contribution in [3.8, 4) is 5.69 Å². The monoisotopic (exact) mass is 365 g/mol. The molecule has 0 unspecified atom stereocenters. The van der Waals surface area contributed by atoms with Crippen LogP contribution in [0.25, 0.3) is 16.6 Å². The highest BCUT2D eigenvalue weighted by Gasteiger charge is 2.10. The highest BCUT2D eigenvalue weighted by molar-refractivity contribution is 5.91. The molecule has 4 aromatic rings. The van der Waals surface area contributed by atoms with Gasteiger partial charge in [-0.1, -0.05) is 6.07 Å². The van der Waals surface area contributed by atoms with Gasteiger partial charge in [0.2, 0.25) is 5.91 Å². The highest BCUT2D eigenvalue weighted by Crippen LogP contribution is 2.13. The molecule has 0 atom stereocenters. The summed E-state index contributed by atoms with van der Waals surface area (Å²) in [5, 5.41) is 13.7. The zero-order chi connectivity index (χ0) is 18.8. The first-order valence-corrected chi connectivity index (χ1v) is 7.88. The first kappa shape index (κ1) is 16.5. The van der Waals surface area contributed by atoms with Gasteiger partial charge in [0, 0.05) is 5.69 Å². The Morgan fingerprint density at radius 3 is 2.85 bits per heavy atom. The lowest BCUT2D eigenvalue weighted by atomic mass is 10.2. The number of aromatic nitrogens is 6. The normalized spacial score (nSPS) is 10.9. The molecule has 0 aliphatic carbocycles. The second kappa shape index (κ2) is 6.75. The molecule has 0 saturated heterocycles. The van der Waals surface area contributed by atoms with Crippen molar-refractivity contribution in [2.45, 2.75) is 6.54 Å². The molecule has 134 valence electrons. The number of halogens is 1. The van der Waals surface area contributed by atoms with Crippen molar-refractivity contribution >= 4 is 22.5 Å². The van der Waals surface area contributed by atoms with Crippen molar-refractivity contribution in [3.05, 3.63) is 71.3 Å². The van der Waals surface area contributed by atoms with Gasteiger partial charge in [0.25, 0.3) is 5.56 Å². The number of amides is 1. The van der Waals surface area contributed by atoms with E-state index < -0.39 is 17.3 Å². The van der Waals surface area contributed by atoms with Crippen molar-refractivity contribution in [2.75, 3.05) is 5.32 Å². The molecule has 10 heteroatoms. The van der Waals surface area contributed by atoms with Gasteiger partial charge in [-0.15, -0.1) is 5.10 Å². The molecule has 0 fully saturated rings. The molecule has 9 nitrogen and oxygen atoms in total. The van der Waals surface area contributed by atoms with E-state index in [1.807, 2.05) is 0 Å². The lowest BCUT2D eigenvalue weighted by Crippen LogP contribution is -2.28. The Labute approximate surface area is 151 Å². The van der Waals surface area contributed by atoms with Gasteiger partial charge in [0.15, 0.2) is 0 Å². The SMILES string of the molecule is O=C(Cn1cnc2ccc(F)cc2c1=O)Nc1cccc(-n2cnnn2)c1. The summed E-state index contributed by atoms with van der Waals surface area (Å²) in [7, 11) is 0. The zero-order valence-corrected chi connectivity index (χ0v) is 13.8. The number of tetrazole rings is 1. The van der Waals surface area contributed by atoms with Gasteiger partial charge in [-0.05, 0) is 46.8 Å². The third-order valence-corrected chi connectivity index (χ3v) is 3.84. The third-order valence-electron chi connectivity index (χ3n) is 3.84. The maximum atomic E-state index is 13.4. The van der Waals surface area contributed by atoms with E-state index in [1.54, 1.807) is 24.3 Å². The minimum absolute atomic E-state index is 0.117. The molecule has 0 bridgehead atoms. The predicted molar refractivity (Wildman–Crippen MR) is 93.7 cm³/mol. The topological polar surface area (TPSA) is 108 Å². The van der Waals surface area contributed by atoms with Crippen molar-refractivity contribution in [1.82, 2.24) is 29.8 Å². The number of carbonyl (C=O) groups excluding carboxylic acids is 1. The summed E-state index contributed by atoms with van der Waals surface area (Å²) in [5.41, 5.74) is 1.06. The van der Waals surface area contributed by atoms with Gasteiger partial charge in [-0.3, -0.25) is 14.2 Å². The summed E-state index contributed by atoms with van der Waals surface area (Å²) < 4.78 is 16.0. The number of hydrogen-bond donors (Lipinski definition) is 1. The Hall–Kier alpha value is -3.95. The molecule has 2 aromatic carbocycles. The Kier molecular flexibility index (Phi) is 4.13. The molecule has 1 amide bonds. The van der Waals surface area contributed by atoms with Crippen molar-refractivity contribution in [1.29, 1.82) is 0 Å². The number of hydrogen-bond acceptors (Lipinski definition) is 6. The van der Waals surface area contributed by atoms with Crippen molar-refractivity contribution in [2.24, 2.45) is 0 Å². The van der Waals surface area contributed by atoms with Crippen LogP contribution in [-0.2, 0) is 11.3 Å². The Morgan fingerprint density at radius 1 is 1.15 bits per heavy atom. The fourth-order valence-corrected chi connectivity index (χ4v) is 2.60. The average Bonchev–Trinajstić information content (AvgIpc) is 3.19. The van der Waals surface area contributed by atoms with Crippen LogP contribution in [0.1, 0.15) is 0 Å². The molecule has 0 radical (unpaired) electrons. The second-order valence-corrected chi connectivity index (χ2v) is 5.69. The summed E-state index contributed by atoms with van der Waals surface area (Å²) >= 11 is 0. The highest BCUT2D eigenvalue weighted by atomic mass is 19.1. The van der Waals surface area contributed by atoms with E-state index in [-0.39, 0.29) is 11.9 Å². The predicted octanol–water partition coefficient (Wildman–Crippen LogP) is 1.15. The summed E-state index contributed by atoms with van der Waals surface area (Å²) in [4.78, 5) is 28.8. The lowest BCUT2D eigenvalue weighted by Gasteiger charge is -2.09. The zero-order valence-electron chi connectivity index (χ0n) is 13.8. The Morgan fingerprint density at radius 2 is 2.04 bits per heavy atom. The van der Waals surface area contributed by atoms with Crippen LogP contribution in [0.5, 0.6) is 0 Å². The number of carbonyl (C=O) groups is 1. The first-order chi connectivity index (χ1) is 13.1. The van der Waals surface area contributed by atoms with Crippen LogP contribution in [0, 0.1) is 5.82 Å². The van der Waals surface area contributed by atoms with E-state index >= 15 is 0 Å². The van der Waals surface area contributed by atoms with Crippen LogP contribution < -0.4 is 10.9 Å². The van der Waals surface area contributed by atoms with Crippen LogP contribution in [0.4, 0.5) is 10.1 Å². The molecule has 27 heavy (non-hydrogen) atoms. The fourth-order valence-electron chi connectivity index (χ4n) is 2.60. The maximum absolute atomic E-state index is 13.4. The van der Waals surface area contributed by atoms with Gasteiger partial charge in [0.1, 0.15) is 18.7 Å². The maximum Gasteiger partial charge on any atom is 0.261 e. The van der Waals surface area contributed by atoms with Gasteiger partial charge in [-0.2, -0.15) is 0 Å². The summed E-state index contributed by atoms with van der Waals surface area (Å²) in [5.74, 6) is -0.966. The molecule has 0 aliphatic rings. The molecule has 0 spiro atoms. The fraction of sp³-hybridized carbons (Fsp3) is 0.0588. The summed E-state index contributed by atoms with van der Waals surface area (Å²) in [6.45, 7) is -0.257. The number of rotatable bonds is 4. The van der Waals surface area contributed by atoms with Crippen molar-refractivity contribution < 1.29 is 9.18 Å². The van der Waals surface area contributed by atoms with E-state index in [0.29, 0.717) is 16.9 Å². The van der Waals surface area contributed by atoms with Gasteiger partial charge >= 0.3 is 0 Å². The third kappa shape index (κ3) is 3.40. The van der Waals surface area contributed by atoms with Gasteiger partial charge in [-0.25, -0.2) is 14.1 Å². The quantitative estimate of drug-likeness (QED) is 0.581. The molecule has 2 heterocycles. The number of anilines is 1. The van der Waals surface area contributed by atoms with Crippen LogP contribution in [-0.4, -0.2) is 35.7 Å². The van der Waals surface area contributed by atoms with E-state index in [2.05, 4.69) is 25.8 Å². The average molecular weight is 365 g/mol. The Balaban J connectivity index is 1.55. The van der Waals surface area contributed by atoms with Crippen LogP contribution in [0.2, 0.25) is 0 Å². The number of benzene rings is 2. The van der Waals surface area contributed by atoms with Crippen LogP contribution in [0.15, 0.2) is 59.9 Å². The van der Waals surface area contributed by atoms with Gasteiger partial charge < -0.3 is 5.32 Å². The van der Waals surface area contributed by atoms with E-state index in [4.69, 9.17) is 0 Å². The summed E-state index contributed by atoms with van der Waals surface area (Å²) in [6.07, 6.45) is 2.69. The van der Waals surface area contributed by atoms with Gasteiger partial charge in [0.05, 0.1) is 22.9 Å². The molecular weight excluding hydrogens is 353 g/mol. The number of nitrogens with zero attached hydrogens (tertiary/aromatic N) is 6. The minimum Gasteiger partial charge on any atom is -0.324 e. The standard InChI is InChI=1S/C17H12FN7O2/c18-11-4-5-15-14(6-11)17(27)24(9-19-15)8-16(26)21-12-2-1-3-13(7-12)25-10-20-22-23-25/h1-7,9-10H,8H2,(H,21,26). The van der Waals surface area contributed by atoms with Crippen molar-refractivity contribution in [3.63, 3.8) is 0 Å². The molecule has 0 aliphatic heterocycles. The molecule has 0 saturated carbocycles. The minimum atomic E-state index is -0.539. The first-order valence-electron chi connectivity index (χ1n) is 7.88.